The van der Waals surface area contributed by atoms with Crippen molar-refractivity contribution in [3.8, 4) is 0 Å². The topological polar surface area (TPSA) is 61.4 Å². The number of benzene rings is 3. The van der Waals surface area contributed by atoms with Crippen LogP contribution in [-0.2, 0) is 9.59 Å². The fourth-order valence-corrected chi connectivity index (χ4v) is 3.96. The van der Waals surface area contributed by atoms with Crippen LogP contribution in [0.2, 0.25) is 10.0 Å². The molecule has 3 aromatic rings. The van der Waals surface area contributed by atoms with Crippen molar-refractivity contribution >= 4 is 52.1 Å². The van der Waals surface area contributed by atoms with E-state index in [4.69, 9.17) is 23.2 Å². The highest BCUT2D eigenvalue weighted by atomic mass is 35.5. The zero-order valence-electron chi connectivity index (χ0n) is 15.2. The summed E-state index contributed by atoms with van der Waals surface area (Å²) >= 11 is 12.1. The van der Waals surface area contributed by atoms with E-state index in [0.29, 0.717) is 21.4 Å². The van der Waals surface area contributed by atoms with Crippen LogP contribution >= 0.6 is 23.2 Å². The number of carbonyl (C=O) groups is 2. The van der Waals surface area contributed by atoms with Crippen molar-refractivity contribution in [2.75, 3.05) is 22.1 Å². The molecule has 29 heavy (non-hydrogen) atoms. The monoisotopic (exact) mass is 425 g/mol. The number of para-hydroxylation sites is 2. The Balaban J connectivity index is 1.75. The minimum absolute atomic E-state index is 0.0558. The summed E-state index contributed by atoms with van der Waals surface area (Å²) < 4.78 is 0. The van der Waals surface area contributed by atoms with Crippen molar-refractivity contribution in [1.29, 1.82) is 0 Å². The maximum absolute atomic E-state index is 13.4. The lowest BCUT2D eigenvalue weighted by molar-refractivity contribution is -0.118. The second-order valence-corrected chi connectivity index (χ2v) is 7.53. The normalized spacial score (nSPS) is 14.0. The van der Waals surface area contributed by atoms with Gasteiger partial charge >= 0.3 is 0 Å². The van der Waals surface area contributed by atoms with Crippen LogP contribution in [-0.4, -0.2) is 18.4 Å². The molecular formula is C22H17Cl2N3O2. The van der Waals surface area contributed by atoms with Crippen molar-refractivity contribution in [1.82, 2.24) is 0 Å². The molecule has 1 atom stereocenters. The Morgan fingerprint density at radius 3 is 2.34 bits per heavy atom. The van der Waals surface area contributed by atoms with E-state index in [9.17, 15) is 9.59 Å². The molecule has 0 unspecified atom stereocenters. The molecular weight excluding hydrogens is 409 g/mol. The molecule has 0 aliphatic carbocycles. The van der Waals surface area contributed by atoms with E-state index < -0.39 is 6.04 Å². The molecule has 7 heteroatoms. The zero-order chi connectivity index (χ0) is 20.4. The number of anilines is 3. The third kappa shape index (κ3) is 4.21. The van der Waals surface area contributed by atoms with Gasteiger partial charge in [0.2, 0.25) is 5.91 Å². The average molecular weight is 426 g/mol. The van der Waals surface area contributed by atoms with Gasteiger partial charge in [-0.05, 0) is 35.9 Å². The lowest BCUT2D eigenvalue weighted by atomic mass is 10.0. The van der Waals surface area contributed by atoms with Gasteiger partial charge in [-0.25, -0.2) is 0 Å². The van der Waals surface area contributed by atoms with E-state index in [1.165, 1.54) is 0 Å². The molecule has 1 aliphatic rings. The molecule has 0 saturated carbocycles. The van der Waals surface area contributed by atoms with Gasteiger partial charge < -0.3 is 15.5 Å². The lowest BCUT2D eigenvalue weighted by Gasteiger charge is -2.36. The molecule has 0 saturated heterocycles. The van der Waals surface area contributed by atoms with Gasteiger partial charge in [0.05, 0.1) is 17.9 Å². The first-order chi connectivity index (χ1) is 14.0. The van der Waals surface area contributed by atoms with E-state index in [2.05, 4.69) is 10.6 Å². The van der Waals surface area contributed by atoms with E-state index in [-0.39, 0.29) is 18.4 Å². The molecule has 0 spiro atoms. The maximum atomic E-state index is 13.4. The van der Waals surface area contributed by atoms with Crippen LogP contribution in [0.4, 0.5) is 17.1 Å². The molecule has 0 fully saturated rings. The van der Waals surface area contributed by atoms with Crippen LogP contribution < -0.4 is 15.5 Å². The quantitative estimate of drug-likeness (QED) is 0.608. The van der Waals surface area contributed by atoms with Crippen molar-refractivity contribution in [2.24, 2.45) is 0 Å². The fraction of sp³-hybridized carbons (Fsp3) is 0.0909. The molecule has 1 aliphatic heterocycles. The van der Waals surface area contributed by atoms with Crippen molar-refractivity contribution < 1.29 is 9.59 Å². The van der Waals surface area contributed by atoms with Gasteiger partial charge in [-0.2, -0.15) is 0 Å². The van der Waals surface area contributed by atoms with Crippen LogP contribution in [0.3, 0.4) is 0 Å². The number of nitrogens with zero attached hydrogens (tertiary/aromatic N) is 1. The smallest absolute Gasteiger partial charge is 0.251 e. The maximum Gasteiger partial charge on any atom is 0.251 e. The van der Waals surface area contributed by atoms with Gasteiger partial charge in [0, 0.05) is 15.7 Å². The summed E-state index contributed by atoms with van der Waals surface area (Å²) in [6, 6.07) is 20.9. The Morgan fingerprint density at radius 1 is 0.966 bits per heavy atom. The van der Waals surface area contributed by atoms with E-state index >= 15 is 0 Å². The van der Waals surface area contributed by atoms with E-state index in [0.717, 1.165) is 11.3 Å². The Hall–Kier alpha value is -3.02. The summed E-state index contributed by atoms with van der Waals surface area (Å²) in [6.45, 7) is 0.0558. The number of hydrogen-bond donors (Lipinski definition) is 2. The van der Waals surface area contributed by atoms with Crippen LogP contribution in [0, 0.1) is 0 Å². The van der Waals surface area contributed by atoms with Crippen molar-refractivity contribution in [2.45, 2.75) is 6.04 Å². The highest BCUT2D eigenvalue weighted by Crippen LogP contribution is 2.36. The Morgan fingerprint density at radius 2 is 1.62 bits per heavy atom. The Kier molecular flexibility index (Phi) is 5.43. The number of amides is 2. The fourth-order valence-electron chi connectivity index (χ4n) is 3.43. The van der Waals surface area contributed by atoms with Crippen LogP contribution in [0.5, 0.6) is 0 Å². The van der Waals surface area contributed by atoms with Gasteiger partial charge in [-0.3, -0.25) is 9.59 Å². The summed E-state index contributed by atoms with van der Waals surface area (Å²) in [5.41, 5.74) is 2.70. The molecule has 2 amide bonds. The SMILES string of the molecule is O=C1CN([C@@H](C(=O)Nc2cc(Cl)cc(Cl)c2)c2ccccc2)c2ccccc2N1. The molecule has 0 aromatic heterocycles. The summed E-state index contributed by atoms with van der Waals surface area (Å²) in [5, 5.41) is 6.58. The van der Waals surface area contributed by atoms with Crippen LogP contribution in [0.15, 0.2) is 72.8 Å². The minimum atomic E-state index is -0.721. The van der Waals surface area contributed by atoms with Crippen LogP contribution in [0.1, 0.15) is 11.6 Å². The third-order valence-corrected chi connectivity index (χ3v) is 5.04. The second kappa shape index (κ2) is 8.15. The van der Waals surface area contributed by atoms with Gasteiger partial charge in [0.25, 0.3) is 5.91 Å². The Bertz CT molecular complexity index is 1050. The molecule has 3 aromatic carbocycles. The highest BCUT2D eigenvalue weighted by Gasteiger charge is 2.33. The number of rotatable bonds is 4. The predicted octanol–water partition coefficient (Wildman–Crippen LogP) is 5.13. The molecule has 146 valence electrons. The summed E-state index contributed by atoms with van der Waals surface area (Å²) in [6.07, 6.45) is 0. The standard InChI is InChI=1S/C22H17Cl2N3O2/c23-15-10-16(24)12-17(11-15)25-22(29)21(14-6-2-1-3-7-14)27-13-20(28)26-18-8-4-5-9-19(18)27/h1-12,21H,13H2,(H,25,29)(H,26,28)/t21-/m1/s1. The largest absolute Gasteiger partial charge is 0.345 e. The van der Waals surface area contributed by atoms with Gasteiger partial charge in [0.1, 0.15) is 6.04 Å². The average Bonchev–Trinajstić information content (AvgIpc) is 2.68. The molecule has 2 N–H and O–H groups in total. The molecule has 0 bridgehead atoms. The first kappa shape index (κ1) is 19.3. The zero-order valence-corrected chi connectivity index (χ0v) is 16.7. The number of hydrogen-bond acceptors (Lipinski definition) is 3. The Labute approximate surface area is 178 Å². The van der Waals surface area contributed by atoms with Crippen molar-refractivity contribution in [3.05, 3.63) is 88.4 Å². The van der Waals surface area contributed by atoms with Gasteiger partial charge in [-0.15, -0.1) is 0 Å². The van der Waals surface area contributed by atoms with E-state index in [1.54, 1.807) is 23.1 Å². The van der Waals surface area contributed by atoms with E-state index in [1.807, 2.05) is 54.6 Å². The first-order valence-corrected chi connectivity index (χ1v) is 9.74. The molecule has 4 rings (SSSR count). The highest BCUT2D eigenvalue weighted by molar-refractivity contribution is 6.35. The number of halogens is 2. The molecule has 1 heterocycles. The summed E-state index contributed by atoms with van der Waals surface area (Å²) in [4.78, 5) is 27.5. The minimum Gasteiger partial charge on any atom is -0.345 e. The summed E-state index contributed by atoms with van der Waals surface area (Å²) in [5.74, 6) is -0.470. The molecule has 5 nitrogen and oxygen atoms in total. The molecule has 0 radical (unpaired) electrons. The summed E-state index contributed by atoms with van der Waals surface area (Å²) in [7, 11) is 0. The first-order valence-electron chi connectivity index (χ1n) is 8.99. The lowest BCUT2D eigenvalue weighted by Crippen LogP contribution is -2.45. The van der Waals surface area contributed by atoms with Crippen molar-refractivity contribution in [3.63, 3.8) is 0 Å². The number of fused-ring (bicyclic) bond motifs is 1. The predicted molar refractivity (Wildman–Crippen MR) is 117 cm³/mol. The number of nitrogens with one attached hydrogen (secondary N) is 2. The van der Waals surface area contributed by atoms with Gasteiger partial charge in [-0.1, -0.05) is 65.7 Å². The third-order valence-electron chi connectivity index (χ3n) is 4.61. The van der Waals surface area contributed by atoms with Crippen LogP contribution in [0.25, 0.3) is 0 Å². The second-order valence-electron chi connectivity index (χ2n) is 6.65. The van der Waals surface area contributed by atoms with Gasteiger partial charge in [0.15, 0.2) is 0 Å². The number of carbonyl (C=O) groups excluding carboxylic acids is 2.